The molecule has 1 aliphatic carbocycles. The van der Waals surface area contributed by atoms with E-state index in [2.05, 4.69) is 0 Å². The third-order valence-electron chi connectivity index (χ3n) is 4.03. The Kier molecular flexibility index (Phi) is 2.54. The van der Waals surface area contributed by atoms with E-state index in [-0.39, 0.29) is 12.2 Å². The van der Waals surface area contributed by atoms with E-state index < -0.39 is 0 Å². The van der Waals surface area contributed by atoms with Gasteiger partial charge < -0.3 is 14.4 Å². The highest BCUT2D eigenvalue weighted by molar-refractivity contribution is 5.68. The van der Waals surface area contributed by atoms with E-state index in [0.717, 1.165) is 32.5 Å². The van der Waals surface area contributed by atoms with Gasteiger partial charge in [0.15, 0.2) is 0 Å². The van der Waals surface area contributed by atoms with Gasteiger partial charge in [-0.15, -0.1) is 0 Å². The first kappa shape index (κ1) is 10.4. The van der Waals surface area contributed by atoms with Gasteiger partial charge in [-0.25, -0.2) is 4.79 Å². The van der Waals surface area contributed by atoms with E-state index in [1.807, 2.05) is 4.90 Å². The van der Waals surface area contributed by atoms with Crippen molar-refractivity contribution >= 4 is 6.09 Å². The van der Waals surface area contributed by atoms with Gasteiger partial charge in [-0.05, 0) is 31.1 Å². The maximum atomic E-state index is 11.9. The molecule has 3 fully saturated rings. The smallest absolute Gasteiger partial charge is 0.410 e. The molecule has 0 radical (unpaired) electrons. The van der Waals surface area contributed by atoms with Crippen LogP contribution in [0, 0.1) is 5.41 Å². The van der Waals surface area contributed by atoms with Gasteiger partial charge in [0.05, 0.1) is 13.2 Å². The summed E-state index contributed by atoms with van der Waals surface area (Å²) in [6.07, 6.45) is 5.74. The van der Waals surface area contributed by atoms with Gasteiger partial charge in [0.1, 0.15) is 6.10 Å². The lowest BCUT2D eigenvalue weighted by Gasteiger charge is -2.32. The molecule has 0 aromatic heterocycles. The maximum Gasteiger partial charge on any atom is 0.410 e. The number of carbonyl (C=O) groups excluding carboxylic acids is 1. The lowest BCUT2D eigenvalue weighted by atomic mass is 9.95. The topological polar surface area (TPSA) is 38.8 Å². The van der Waals surface area contributed by atoms with Crippen LogP contribution in [0.25, 0.3) is 0 Å². The molecule has 2 heterocycles. The van der Waals surface area contributed by atoms with Crippen molar-refractivity contribution in [3.63, 3.8) is 0 Å². The summed E-state index contributed by atoms with van der Waals surface area (Å²) in [6.45, 7) is 3.08. The molecule has 2 saturated heterocycles. The number of carbonyl (C=O) groups is 1. The summed E-state index contributed by atoms with van der Waals surface area (Å²) in [7, 11) is 0. The Balaban J connectivity index is 1.53. The molecule has 16 heavy (non-hydrogen) atoms. The summed E-state index contributed by atoms with van der Waals surface area (Å²) in [5.74, 6) is 0. The normalized spacial score (nSPS) is 31.8. The van der Waals surface area contributed by atoms with Crippen molar-refractivity contribution in [2.75, 3.05) is 26.3 Å². The molecule has 1 amide bonds. The maximum absolute atomic E-state index is 11.9. The number of hydrogen-bond donors (Lipinski definition) is 0. The van der Waals surface area contributed by atoms with Crippen molar-refractivity contribution in [1.29, 1.82) is 0 Å². The zero-order valence-corrected chi connectivity index (χ0v) is 9.61. The van der Waals surface area contributed by atoms with Crippen LogP contribution in [0.4, 0.5) is 4.79 Å². The number of likely N-dealkylation sites (tertiary alicyclic amines) is 1. The van der Waals surface area contributed by atoms with Crippen molar-refractivity contribution in [3.05, 3.63) is 0 Å². The monoisotopic (exact) mass is 225 g/mol. The standard InChI is InChI=1S/C12H19NO3/c14-11(16-10-2-7-15-8-10)13-6-1-3-12(9-13)4-5-12/h10H,1-9H2/t10-/m0/s1. The first-order chi connectivity index (χ1) is 7.77. The average molecular weight is 225 g/mol. The van der Waals surface area contributed by atoms with Crippen molar-refractivity contribution in [2.45, 2.75) is 38.2 Å². The van der Waals surface area contributed by atoms with Gasteiger partial charge in [-0.3, -0.25) is 0 Å². The molecule has 1 atom stereocenters. The summed E-state index contributed by atoms with van der Waals surface area (Å²) in [5, 5.41) is 0. The van der Waals surface area contributed by atoms with Gasteiger partial charge in [0.25, 0.3) is 0 Å². The average Bonchev–Trinajstić information content (AvgIpc) is 2.83. The van der Waals surface area contributed by atoms with Crippen LogP contribution in [0.3, 0.4) is 0 Å². The fourth-order valence-electron chi connectivity index (χ4n) is 2.77. The Bertz CT molecular complexity index is 282. The molecule has 0 bridgehead atoms. The van der Waals surface area contributed by atoms with Gasteiger partial charge >= 0.3 is 6.09 Å². The molecule has 0 unspecified atom stereocenters. The van der Waals surface area contributed by atoms with Crippen LogP contribution in [0.1, 0.15) is 32.1 Å². The summed E-state index contributed by atoms with van der Waals surface area (Å²) < 4.78 is 10.6. The van der Waals surface area contributed by atoms with Gasteiger partial charge in [0.2, 0.25) is 0 Å². The summed E-state index contributed by atoms with van der Waals surface area (Å²) >= 11 is 0. The number of nitrogens with zero attached hydrogens (tertiary/aromatic N) is 1. The van der Waals surface area contributed by atoms with Crippen LogP contribution < -0.4 is 0 Å². The first-order valence-corrected chi connectivity index (χ1v) is 6.31. The Labute approximate surface area is 95.9 Å². The third-order valence-corrected chi connectivity index (χ3v) is 4.03. The van der Waals surface area contributed by atoms with E-state index in [0.29, 0.717) is 12.0 Å². The van der Waals surface area contributed by atoms with Gasteiger partial charge in [-0.2, -0.15) is 0 Å². The minimum atomic E-state index is -0.124. The van der Waals surface area contributed by atoms with Crippen LogP contribution >= 0.6 is 0 Å². The van der Waals surface area contributed by atoms with E-state index >= 15 is 0 Å². The Hall–Kier alpha value is -0.770. The molecule has 4 heteroatoms. The number of ether oxygens (including phenoxy) is 2. The van der Waals surface area contributed by atoms with Crippen molar-refractivity contribution in [2.24, 2.45) is 5.41 Å². The van der Waals surface area contributed by atoms with E-state index in [9.17, 15) is 4.79 Å². The molecule has 0 N–H and O–H groups in total. The van der Waals surface area contributed by atoms with Crippen LogP contribution in [-0.2, 0) is 9.47 Å². The minimum absolute atomic E-state index is 0.00965. The van der Waals surface area contributed by atoms with Gasteiger partial charge in [-0.1, -0.05) is 0 Å². The molecular weight excluding hydrogens is 206 g/mol. The number of hydrogen-bond acceptors (Lipinski definition) is 3. The molecule has 0 aromatic rings. The van der Waals surface area contributed by atoms with E-state index in [1.165, 1.54) is 19.3 Å². The zero-order chi connectivity index (χ0) is 11.0. The predicted molar refractivity (Wildman–Crippen MR) is 58.2 cm³/mol. The predicted octanol–water partition coefficient (Wildman–Crippen LogP) is 1.79. The van der Waals surface area contributed by atoms with Crippen LogP contribution in [-0.4, -0.2) is 43.4 Å². The molecular formula is C12H19NO3. The SMILES string of the molecule is O=C(O[C@H]1CCOC1)N1CCCC2(CC2)C1. The Morgan fingerprint density at radius 1 is 1.38 bits per heavy atom. The Morgan fingerprint density at radius 3 is 2.94 bits per heavy atom. The molecule has 4 nitrogen and oxygen atoms in total. The number of piperidine rings is 1. The second-order valence-electron chi connectivity index (χ2n) is 5.39. The molecule has 2 aliphatic heterocycles. The summed E-state index contributed by atoms with van der Waals surface area (Å²) in [5.41, 5.74) is 0.476. The van der Waals surface area contributed by atoms with Crippen LogP contribution in [0.2, 0.25) is 0 Å². The van der Waals surface area contributed by atoms with E-state index in [1.54, 1.807) is 0 Å². The largest absolute Gasteiger partial charge is 0.444 e. The third kappa shape index (κ3) is 2.03. The van der Waals surface area contributed by atoms with Crippen LogP contribution in [0.15, 0.2) is 0 Å². The number of rotatable bonds is 1. The fourth-order valence-corrected chi connectivity index (χ4v) is 2.77. The fraction of sp³-hybridized carbons (Fsp3) is 0.917. The van der Waals surface area contributed by atoms with Crippen molar-refractivity contribution < 1.29 is 14.3 Å². The summed E-state index contributed by atoms with van der Waals surface area (Å²) in [6, 6.07) is 0. The molecule has 3 aliphatic rings. The second-order valence-corrected chi connectivity index (χ2v) is 5.39. The van der Waals surface area contributed by atoms with Crippen molar-refractivity contribution in [1.82, 2.24) is 4.90 Å². The highest BCUT2D eigenvalue weighted by Gasteiger charge is 2.46. The lowest BCUT2D eigenvalue weighted by Crippen LogP contribution is -2.42. The van der Waals surface area contributed by atoms with E-state index in [4.69, 9.17) is 9.47 Å². The zero-order valence-electron chi connectivity index (χ0n) is 9.61. The highest BCUT2D eigenvalue weighted by atomic mass is 16.6. The highest BCUT2D eigenvalue weighted by Crippen LogP contribution is 2.52. The van der Waals surface area contributed by atoms with Gasteiger partial charge in [0, 0.05) is 19.5 Å². The molecule has 3 rings (SSSR count). The second kappa shape index (κ2) is 3.91. The first-order valence-electron chi connectivity index (χ1n) is 6.31. The molecule has 0 aromatic carbocycles. The lowest BCUT2D eigenvalue weighted by molar-refractivity contribution is 0.0420. The quantitative estimate of drug-likeness (QED) is 0.683. The Morgan fingerprint density at radius 2 is 2.25 bits per heavy atom. The molecule has 90 valence electrons. The summed E-state index contributed by atoms with van der Waals surface area (Å²) in [4.78, 5) is 13.8. The minimum Gasteiger partial charge on any atom is -0.444 e. The van der Waals surface area contributed by atoms with Crippen molar-refractivity contribution in [3.8, 4) is 0 Å². The molecule has 1 spiro atoms. The van der Waals surface area contributed by atoms with Crippen LogP contribution in [0.5, 0.6) is 0 Å². The number of amides is 1. The molecule has 1 saturated carbocycles.